The lowest BCUT2D eigenvalue weighted by atomic mass is 9.83. The van der Waals surface area contributed by atoms with E-state index in [9.17, 15) is 0 Å². The third-order valence-corrected chi connectivity index (χ3v) is 2.26. The Bertz CT molecular complexity index is 202. The smallest absolute Gasteiger partial charge is 0.105 e. The molecule has 0 amide bonds. The molecule has 60 valence electrons. The van der Waals surface area contributed by atoms with Crippen molar-refractivity contribution in [3.8, 4) is 6.07 Å². The average Bonchev–Trinajstić information content (AvgIpc) is 2.06. The van der Waals surface area contributed by atoms with Gasteiger partial charge in [-0.05, 0) is 25.7 Å². The summed E-state index contributed by atoms with van der Waals surface area (Å²) < 4.78 is 0. The van der Waals surface area contributed by atoms with Crippen LogP contribution in [0.5, 0.6) is 0 Å². The van der Waals surface area contributed by atoms with Crippen LogP contribution in [0, 0.1) is 11.3 Å². The molecule has 0 radical (unpaired) electrons. The first-order chi connectivity index (χ1) is 5.20. The van der Waals surface area contributed by atoms with E-state index in [1.54, 1.807) is 7.05 Å². The Hall–Kier alpha value is -0.880. The van der Waals surface area contributed by atoms with Gasteiger partial charge in [0.1, 0.15) is 5.54 Å². The molecule has 1 aliphatic carbocycles. The van der Waals surface area contributed by atoms with Gasteiger partial charge in [0.25, 0.3) is 0 Å². The summed E-state index contributed by atoms with van der Waals surface area (Å²) in [6.07, 6.45) is 3.30. The van der Waals surface area contributed by atoms with Gasteiger partial charge < -0.3 is 5.73 Å². The summed E-state index contributed by atoms with van der Waals surface area (Å²) in [5.74, 6) is 0. The second-order valence-electron chi connectivity index (χ2n) is 3.06. The van der Waals surface area contributed by atoms with Crippen LogP contribution in [0.1, 0.15) is 25.7 Å². The van der Waals surface area contributed by atoms with E-state index in [4.69, 9.17) is 11.0 Å². The van der Waals surface area contributed by atoms with Crippen LogP contribution in [-0.2, 0) is 0 Å². The van der Waals surface area contributed by atoms with E-state index >= 15 is 0 Å². The normalized spacial score (nSPS) is 31.2. The van der Waals surface area contributed by atoms with Crippen molar-refractivity contribution < 1.29 is 0 Å². The minimum absolute atomic E-state index is 0.575. The SMILES string of the molecule is CN=C1CCC(N)(C#N)CC1. The van der Waals surface area contributed by atoms with Gasteiger partial charge in [0, 0.05) is 12.8 Å². The molecule has 1 rings (SSSR count). The molecule has 3 nitrogen and oxygen atoms in total. The fraction of sp³-hybridized carbons (Fsp3) is 0.750. The highest BCUT2D eigenvalue weighted by Crippen LogP contribution is 2.23. The molecule has 11 heavy (non-hydrogen) atoms. The molecule has 0 aliphatic heterocycles. The Kier molecular flexibility index (Phi) is 2.25. The Morgan fingerprint density at radius 1 is 1.55 bits per heavy atom. The van der Waals surface area contributed by atoms with Crippen molar-refractivity contribution in [1.29, 1.82) is 5.26 Å². The molecule has 0 bridgehead atoms. The summed E-state index contributed by atoms with van der Waals surface area (Å²) in [7, 11) is 1.80. The Morgan fingerprint density at radius 2 is 2.09 bits per heavy atom. The van der Waals surface area contributed by atoms with Crippen molar-refractivity contribution in [1.82, 2.24) is 0 Å². The second kappa shape index (κ2) is 3.02. The second-order valence-corrected chi connectivity index (χ2v) is 3.06. The van der Waals surface area contributed by atoms with Gasteiger partial charge in [0.15, 0.2) is 0 Å². The number of hydrogen-bond acceptors (Lipinski definition) is 3. The summed E-state index contributed by atoms with van der Waals surface area (Å²) in [5, 5.41) is 8.69. The quantitative estimate of drug-likeness (QED) is 0.558. The predicted octanol–water partition coefficient (Wildman–Crippen LogP) is 0.852. The summed E-state index contributed by atoms with van der Waals surface area (Å²) in [5.41, 5.74) is 6.38. The largest absolute Gasteiger partial charge is 0.313 e. The van der Waals surface area contributed by atoms with E-state index in [-0.39, 0.29) is 0 Å². The Balaban J connectivity index is 2.56. The highest BCUT2D eigenvalue weighted by Gasteiger charge is 2.29. The fourth-order valence-electron chi connectivity index (χ4n) is 1.32. The first kappa shape index (κ1) is 8.22. The molecule has 2 N–H and O–H groups in total. The van der Waals surface area contributed by atoms with Crippen LogP contribution in [0.15, 0.2) is 4.99 Å². The molecule has 0 aromatic carbocycles. The molecule has 3 heteroatoms. The Labute approximate surface area is 66.9 Å². The zero-order valence-corrected chi connectivity index (χ0v) is 6.80. The van der Waals surface area contributed by atoms with Crippen LogP contribution in [-0.4, -0.2) is 18.3 Å². The molecular formula is C8H13N3. The third kappa shape index (κ3) is 1.78. The van der Waals surface area contributed by atoms with Crippen molar-refractivity contribution in [2.75, 3.05) is 7.05 Å². The lowest BCUT2D eigenvalue weighted by molar-refractivity contribution is 0.453. The van der Waals surface area contributed by atoms with Gasteiger partial charge in [0.2, 0.25) is 0 Å². The monoisotopic (exact) mass is 151 g/mol. The van der Waals surface area contributed by atoms with Gasteiger partial charge in [-0.3, -0.25) is 4.99 Å². The Morgan fingerprint density at radius 3 is 2.45 bits per heavy atom. The number of rotatable bonds is 0. The number of nitriles is 1. The van der Waals surface area contributed by atoms with Crippen LogP contribution in [0.4, 0.5) is 0 Å². The van der Waals surface area contributed by atoms with Crippen LogP contribution in [0.3, 0.4) is 0 Å². The summed E-state index contributed by atoms with van der Waals surface area (Å²) in [6, 6.07) is 2.15. The summed E-state index contributed by atoms with van der Waals surface area (Å²) in [4.78, 5) is 4.10. The fourth-order valence-corrected chi connectivity index (χ4v) is 1.32. The van der Waals surface area contributed by atoms with Crippen molar-refractivity contribution in [2.24, 2.45) is 10.7 Å². The molecule has 1 fully saturated rings. The molecule has 0 atom stereocenters. The van der Waals surface area contributed by atoms with E-state index in [0.29, 0.717) is 0 Å². The van der Waals surface area contributed by atoms with Gasteiger partial charge >= 0.3 is 0 Å². The first-order valence-corrected chi connectivity index (χ1v) is 3.85. The third-order valence-electron chi connectivity index (χ3n) is 2.26. The molecule has 1 saturated carbocycles. The lowest BCUT2D eigenvalue weighted by Gasteiger charge is -2.26. The van der Waals surface area contributed by atoms with Gasteiger partial charge in [-0.1, -0.05) is 0 Å². The molecule has 0 heterocycles. The van der Waals surface area contributed by atoms with E-state index < -0.39 is 5.54 Å². The molecule has 0 aromatic heterocycles. The van der Waals surface area contributed by atoms with E-state index in [1.807, 2.05) is 0 Å². The van der Waals surface area contributed by atoms with E-state index in [0.717, 1.165) is 25.7 Å². The van der Waals surface area contributed by atoms with Crippen molar-refractivity contribution in [2.45, 2.75) is 31.2 Å². The van der Waals surface area contributed by atoms with E-state index in [2.05, 4.69) is 11.1 Å². The zero-order chi connectivity index (χ0) is 8.32. The van der Waals surface area contributed by atoms with Gasteiger partial charge in [-0.2, -0.15) is 5.26 Å². The van der Waals surface area contributed by atoms with Crippen molar-refractivity contribution >= 4 is 5.71 Å². The number of hydrogen-bond donors (Lipinski definition) is 1. The zero-order valence-electron chi connectivity index (χ0n) is 6.80. The minimum atomic E-state index is -0.575. The van der Waals surface area contributed by atoms with Gasteiger partial charge in [0.05, 0.1) is 6.07 Å². The van der Waals surface area contributed by atoms with Crippen LogP contribution in [0.25, 0.3) is 0 Å². The first-order valence-electron chi connectivity index (χ1n) is 3.85. The highest BCUT2D eigenvalue weighted by molar-refractivity contribution is 5.85. The van der Waals surface area contributed by atoms with Crippen molar-refractivity contribution in [3.05, 3.63) is 0 Å². The standard InChI is InChI=1S/C8H13N3/c1-11-7-2-4-8(10,6-9)5-3-7/h2-5,10H2,1H3. The topological polar surface area (TPSA) is 62.2 Å². The molecule has 0 spiro atoms. The van der Waals surface area contributed by atoms with Crippen LogP contribution in [0.2, 0.25) is 0 Å². The maximum atomic E-state index is 8.69. The number of nitrogens with zero attached hydrogens (tertiary/aromatic N) is 2. The molecular weight excluding hydrogens is 138 g/mol. The molecule has 0 unspecified atom stereocenters. The van der Waals surface area contributed by atoms with Crippen LogP contribution >= 0.6 is 0 Å². The maximum absolute atomic E-state index is 8.69. The van der Waals surface area contributed by atoms with Crippen molar-refractivity contribution in [3.63, 3.8) is 0 Å². The molecule has 0 saturated heterocycles. The number of aliphatic imine (C=N–C) groups is 1. The van der Waals surface area contributed by atoms with E-state index in [1.165, 1.54) is 5.71 Å². The highest BCUT2D eigenvalue weighted by atomic mass is 14.8. The summed E-state index contributed by atoms with van der Waals surface area (Å²) in [6.45, 7) is 0. The molecule has 0 aromatic rings. The van der Waals surface area contributed by atoms with Gasteiger partial charge in [-0.25, -0.2) is 0 Å². The lowest BCUT2D eigenvalue weighted by Crippen LogP contribution is -2.41. The molecule has 1 aliphatic rings. The van der Waals surface area contributed by atoms with Gasteiger partial charge in [-0.15, -0.1) is 0 Å². The maximum Gasteiger partial charge on any atom is 0.105 e. The minimum Gasteiger partial charge on any atom is -0.313 e. The predicted molar refractivity (Wildman–Crippen MR) is 44.4 cm³/mol. The average molecular weight is 151 g/mol. The van der Waals surface area contributed by atoms with Crippen LogP contribution < -0.4 is 5.73 Å². The summed E-state index contributed by atoms with van der Waals surface area (Å²) >= 11 is 0. The number of nitrogens with two attached hydrogens (primary N) is 1.